The third kappa shape index (κ3) is 3.58. The Morgan fingerprint density at radius 1 is 0.871 bits per heavy atom. The van der Waals surface area contributed by atoms with E-state index in [9.17, 15) is 14.4 Å². The van der Waals surface area contributed by atoms with Crippen molar-refractivity contribution in [3.63, 3.8) is 0 Å². The first-order valence-electron chi connectivity index (χ1n) is 11.0. The molecule has 0 aromatic heterocycles. The predicted octanol–water partition coefficient (Wildman–Crippen LogP) is 3.63. The molecule has 2 aromatic rings. The van der Waals surface area contributed by atoms with Crippen molar-refractivity contribution in [1.82, 2.24) is 10.2 Å². The minimum absolute atomic E-state index is 0.0660. The first-order chi connectivity index (χ1) is 15.1. The van der Waals surface area contributed by atoms with Crippen molar-refractivity contribution in [2.75, 3.05) is 0 Å². The van der Waals surface area contributed by atoms with Gasteiger partial charge in [-0.15, -0.1) is 0 Å². The van der Waals surface area contributed by atoms with E-state index < -0.39 is 6.04 Å². The number of hydrogen-bond donors (Lipinski definition) is 1. The van der Waals surface area contributed by atoms with E-state index in [1.165, 1.54) is 4.90 Å². The molecule has 0 unspecified atom stereocenters. The SMILES string of the molecule is O=C(C[C@@H](c1ccccc1)N1C(=O)[C@@H]2[C@H](C1=O)[C@H]1C=C[C@H]2CC1)NCc1ccccc1. The van der Waals surface area contributed by atoms with Gasteiger partial charge < -0.3 is 5.32 Å². The highest BCUT2D eigenvalue weighted by Gasteiger charge is 2.58. The molecule has 5 nitrogen and oxygen atoms in total. The average molecular weight is 415 g/mol. The Kier molecular flexibility index (Phi) is 5.18. The van der Waals surface area contributed by atoms with E-state index in [0.29, 0.717) is 6.54 Å². The lowest BCUT2D eigenvalue weighted by atomic mass is 9.63. The van der Waals surface area contributed by atoms with Gasteiger partial charge in [0.1, 0.15) is 0 Å². The summed E-state index contributed by atoms with van der Waals surface area (Å²) in [6.45, 7) is 0.419. The van der Waals surface area contributed by atoms with E-state index in [4.69, 9.17) is 0 Å². The second-order valence-corrected chi connectivity index (χ2v) is 8.78. The maximum Gasteiger partial charge on any atom is 0.234 e. The van der Waals surface area contributed by atoms with Crippen molar-refractivity contribution >= 4 is 17.7 Å². The van der Waals surface area contributed by atoms with Crippen molar-refractivity contribution in [3.05, 3.63) is 83.9 Å². The summed E-state index contributed by atoms with van der Waals surface area (Å²) in [6.07, 6.45) is 6.23. The Labute approximate surface area is 182 Å². The Morgan fingerprint density at radius 2 is 1.42 bits per heavy atom. The summed E-state index contributed by atoms with van der Waals surface area (Å²) in [5, 5.41) is 2.94. The highest BCUT2D eigenvalue weighted by Crippen LogP contribution is 2.51. The molecule has 1 saturated heterocycles. The summed E-state index contributed by atoms with van der Waals surface area (Å²) < 4.78 is 0. The Bertz CT molecular complexity index is 985. The van der Waals surface area contributed by atoms with E-state index >= 15 is 0 Å². The van der Waals surface area contributed by atoms with Crippen LogP contribution in [0.4, 0.5) is 0 Å². The van der Waals surface area contributed by atoms with Crippen LogP contribution in [-0.4, -0.2) is 22.6 Å². The van der Waals surface area contributed by atoms with Crippen LogP contribution in [0.25, 0.3) is 0 Å². The van der Waals surface area contributed by atoms with Gasteiger partial charge in [0.25, 0.3) is 0 Å². The number of likely N-dealkylation sites (tertiary alicyclic amines) is 1. The number of amides is 3. The molecule has 2 bridgehead atoms. The van der Waals surface area contributed by atoms with E-state index in [2.05, 4.69) is 17.5 Å². The van der Waals surface area contributed by atoms with Gasteiger partial charge >= 0.3 is 0 Å². The van der Waals surface area contributed by atoms with Crippen LogP contribution in [0.2, 0.25) is 0 Å². The Balaban J connectivity index is 1.39. The Morgan fingerprint density at radius 3 is 1.97 bits per heavy atom. The minimum Gasteiger partial charge on any atom is -0.352 e. The lowest BCUT2D eigenvalue weighted by Gasteiger charge is -2.38. The summed E-state index contributed by atoms with van der Waals surface area (Å²) in [7, 11) is 0. The Hall–Kier alpha value is -3.21. The minimum atomic E-state index is -0.582. The van der Waals surface area contributed by atoms with Gasteiger partial charge in [0.15, 0.2) is 0 Å². The monoisotopic (exact) mass is 414 g/mol. The van der Waals surface area contributed by atoms with E-state index in [-0.39, 0.29) is 47.8 Å². The van der Waals surface area contributed by atoms with Gasteiger partial charge in [0, 0.05) is 6.54 Å². The maximum absolute atomic E-state index is 13.5. The normalized spacial score (nSPS) is 27.3. The molecule has 5 atom stereocenters. The number of nitrogens with one attached hydrogen (secondary N) is 1. The zero-order valence-electron chi connectivity index (χ0n) is 17.3. The van der Waals surface area contributed by atoms with Gasteiger partial charge in [-0.1, -0.05) is 72.8 Å². The fraction of sp³-hybridized carbons (Fsp3) is 0.346. The standard InChI is InChI=1S/C26H26N2O3/c29-22(27-16-17-7-3-1-4-8-17)15-21(18-9-5-2-6-10-18)28-25(30)23-19-11-12-20(14-13-19)24(23)26(28)31/h1-12,19-21,23-24H,13-16H2,(H,27,29)/t19-,20-,21-,23-,24+/m0/s1. The molecule has 0 radical (unpaired) electrons. The summed E-state index contributed by atoms with van der Waals surface area (Å²) >= 11 is 0. The lowest BCUT2D eigenvalue weighted by Crippen LogP contribution is -2.38. The highest BCUT2D eigenvalue weighted by molar-refractivity contribution is 6.06. The van der Waals surface area contributed by atoms with Gasteiger partial charge in [-0.25, -0.2) is 0 Å². The van der Waals surface area contributed by atoms with Crippen LogP contribution in [0, 0.1) is 23.7 Å². The summed E-state index contributed by atoms with van der Waals surface area (Å²) in [6, 6.07) is 18.6. The predicted molar refractivity (Wildman–Crippen MR) is 116 cm³/mol. The fourth-order valence-electron chi connectivity index (χ4n) is 5.48. The number of hydrogen-bond acceptors (Lipinski definition) is 3. The van der Waals surface area contributed by atoms with Crippen molar-refractivity contribution in [3.8, 4) is 0 Å². The average Bonchev–Trinajstić information content (AvgIpc) is 3.10. The zero-order valence-corrected chi connectivity index (χ0v) is 17.3. The summed E-state index contributed by atoms with van der Waals surface area (Å²) in [5.74, 6) is -0.656. The molecule has 4 aliphatic rings. The number of benzene rings is 2. The number of nitrogens with zero attached hydrogens (tertiary/aromatic N) is 1. The molecule has 1 aliphatic heterocycles. The number of imide groups is 1. The van der Waals surface area contributed by atoms with Gasteiger partial charge in [-0.05, 0) is 35.8 Å². The molecule has 31 heavy (non-hydrogen) atoms. The largest absolute Gasteiger partial charge is 0.352 e. The van der Waals surface area contributed by atoms with Crippen LogP contribution >= 0.6 is 0 Å². The first kappa shape index (κ1) is 19.7. The molecule has 1 saturated carbocycles. The van der Waals surface area contributed by atoms with Crippen LogP contribution < -0.4 is 5.32 Å². The van der Waals surface area contributed by atoms with Crippen LogP contribution in [0.1, 0.15) is 36.4 Å². The number of allylic oxidation sites excluding steroid dienone is 2. The lowest BCUT2D eigenvalue weighted by molar-refractivity contribution is -0.143. The molecule has 5 heteroatoms. The van der Waals surface area contributed by atoms with Crippen molar-refractivity contribution in [2.45, 2.75) is 31.8 Å². The molecule has 2 aromatic carbocycles. The second-order valence-electron chi connectivity index (χ2n) is 8.78. The van der Waals surface area contributed by atoms with Crippen LogP contribution in [-0.2, 0) is 20.9 Å². The molecular weight excluding hydrogens is 388 g/mol. The molecular formula is C26H26N2O3. The molecule has 3 amide bonds. The third-order valence-electron chi connectivity index (χ3n) is 7.00. The van der Waals surface area contributed by atoms with Gasteiger partial charge in [-0.2, -0.15) is 0 Å². The number of carbonyl (C=O) groups is 3. The van der Waals surface area contributed by atoms with E-state index in [0.717, 1.165) is 24.0 Å². The number of carbonyl (C=O) groups excluding carboxylic acids is 3. The molecule has 1 heterocycles. The van der Waals surface area contributed by atoms with Crippen LogP contribution in [0.15, 0.2) is 72.8 Å². The first-order valence-corrected chi connectivity index (χ1v) is 11.0. The molecule has 0 spiro atoms. The quantitative estimate of drug-likeness (QED) is 0.580. The third-order valence-corrected chi connectivity index (χ3v) is 7.00. The molecule has 2 fully saturated rings. The highest BCUT2D eigenvalue weighted by atomic mass is 16.2. The summed E-state index contributed by atoms with van der Waals surface area (Å²) in [4.78, 5) is 41.2. The molecule has 3 aliphatic carbocycles. The van der Waals surface area contributed by atoms with Gasteiger partial charge in [0.05, 0.1) is 24.3 Å². The maximum atomic E-state index is 13.5. The molecule has 6 rings (SSSR count). The van der Waals surface area contributed by atoms with E-state index in [1.807, 2.05) is 60.7 Å². The van der Waals surface area contributed by atoms with Crippen LogP contribution in [0.3, 0.4) is 0 Å². The van der Waals surface area contributed by atoms with Crippen molar-refractivity contribution < 1.29 is 14.4 Å². The number of rotatable bonds is 6. The smallest absolute Gasteiger partial charge is 0.234 e. The van der Waals surface area contributed by atoms with Crippen molar-refractivity contribution in [1.29, 1.82) is 0 Å². The topological polar surface area (TPSA) is 66.5 Å². The fourth-order valence-corrected chi connectivity index (χ4v) is 5.48. The molecule has 158 valence electrons. The number of fused-ring (bicyclic) bond motifs is 1. The zero-order chi connectivity index (χ0) is 21.4. The van der Waals surface area contributed by atoms with E-state index in [1.54, 1.807) is 0 Å². The molecule has 1 N–H and O–H groups in total. The van der Waals surface area contributed by atoms with Crippen molar-refractivity contribution in [2.24, 2.45) is 23.7 Å². The van der Waals surface area contributed by atoms with Crippen LogP contribution in [0.5, 0.6) is 0 Å². The van der Waals surface area contributed by atoms with Gasteiger partial charge in [0.2, 0.25) is 17.7 Å². The second kappa shape index (κ2) is 8.14. The summed E-state index contributed by atoms with van der Waals surface area (Å²) in [5.41, 5.74) is 1.83. The van der Waals surface area contributed by atoms with Gasteiger partial charge in [-0.3, -0.25) is 19.3 Å².